The van der Waals surface area contributed by atoms with Gasteiger partial charge in [-0.1, -0.05) is 30.3 Å². The zero-order chi connectivity index (χ0) is 14.4. The maximum Gasteiger partial charge on any atom is 0.234 e. The molecule has 1 aromatic carbocycles. The lowest BCUT2D eigenvalue weighted by molar-refractivity contribution is -0.119. The molecule has 2 rings (SSSR count). The average molecular weight is 274 g/mol. The van der Waals surface area contributed by atoms with Crippen LogP contribution in [0.2, 0.25) is 0 Å². The van der Waals surface area contributed by atoms with Crippen LogP contribution in [-0.2, 0) is 29.3 Å². The van der Waals surface area contributed by atoms with Gasteiger partial charge in [0.1, 0.15) is 6.73 Å². The Labute approximate surface area is 117 Å². The van der Waals surface area contributed by atoms with E-state index in [1.54, 1.807) is 12.5 Å². The molecule has 1 atom stereocenters. The maximum atomic E-state index is 11.0. The van der Waals surface area contributed by atoms with Crippen LogP contribution in [0, 0.1) is 0 Å². The highest BCUT2D eigenvalue weighted by Gasteiger charge is 2.13. The van der Waals surface area contributed by atoms with Crippen LogP contribution >= 0.6 is 0 Å². The fourth-order valence-corrected chi connectivity index (χ4v) is 1.80. The molecule has 1 amide bonds. The van der Waals surface area contributed by atoms with Crippen LogP contribution in [0.5, 0.6) is 0 Å². The molecule has 0 saturated carbocycles. The summed E-state index contributed by atoms with van der Waals surface area (Å²) in [5.74, 6) is -0.525. The molecule has 0 spiro atoms. The van der Waals surface area contributed by atoms with Gasteiger partial charge in [0.2, 0.25) is 5.91 Å². The summed E-state index contributed by atoms with van der Waals surface area (Å²) < 4.78 is 7.42. The summed E-state index contributed by atoms with van der Waals surface area (Å²) in [5, 5.41) is 0. The summed E-state index contributed by atoms with van der Waals surface area (Å²) in [6, 6.07) is 9.18. The van der Waals surface area contributed by atoms with Crippen LogP contribution in [0.1, 0.15) is 11.3 Å². The molecule has 0 aliphatic carbocycles. The van der Waals surface area contributed by atoms with E-state index in [0.717, 1.165) is 11.3 Å². The summed E-state index contributed by atoms with van der Waals surface area (Å²) >= 11 is 0. The summed E-state index contributed by atoms with van der Waals surface area (Å²) in [6.07, 6.45) is 3.66. The number of primary amides is 1. The van der Waals surface area contributed by atoms with Crippen molar-refractivity contribution < 1.29 is 9.53 Å². The number of carbonyl (C=O) groups is 1. The van der Waals surface area contributed by atoms with Crippen molar-refractivity contribution in [2.75, 3.05) is 0 Å². The molecule has 1 aromatic heterocycles. The predicted octanol–water partition coefficient (Wildman–Crippen LogP) is 0.413. The van der Waals surface area contributed by atoms with Crippen molar-refractivity contribution >= 4 is 5.91 Å². The molecular weight excluding hydrogens is 256 g/mol. The first-order valence-electron chi connectivity index (χ1n) is 6.32. The van der Waals surface area contributed by atoms with Gasteiger partial charge >= 0.3 is 0 Å². The van der Waals surface area contributed by atoms with Gasteiger partial charge in [0.25, 0.3) is 0 Å². The van der Waals surface area contributed by atoms with Crippen LogP contribution in [0.4, 0.5) is 0 Å². The van der Waals surface area contributed by atoms with Gasteiger partial charge < -0.3 is 20.8 Å². The first-order valence-corrected chi connectivity index (χ1v) is 6.32. The van der Waals surface area contributed by atoms with Gasteiger partial charge in [-0.3, -0.25) is 4.79 Å². The van der Waals surface area contributed by atoms with Crippen LogP contribution in [-0.4, -0.2) is 21.5 Å². The Hall–Kier alpha value is -2.18. The van der Waals surface area contributed by atoms with E-state index in [9.17, 15) is 4.79 Å². The molecule has 4 N–H and O–H groups in total. The lowest BCUT2D eigenvalue weighted by atomic mass is 10.2. The Balaban J connectivity index is 1.87. The first kappa shape index (κ1) is 14.2. The van der Waals surface area contributed by atoms with Crippen molar-refractivity contribution in [1.29, 1.82) is 0 Å². The highest BCUT2D eigenvalue weighted by atomic mass is 16.5. The summed E-state index contributed by atoms with van der Waals surface area (Å²) in [5.41, 5.74) is 12.7. The maximum absolute atomic E-state index is 11.0. The molecule has 1 heterocycles. The van der Waals surface area contributed by atoms with E-state index in [1.165, 1.54) is 0 Å². The minimum Gasteiger partial charge on any atom is -0.368 e. The Bertz CT molecular complexity index is 553. The largest absolute Gasteiger partial charge is 0.368 e. The number of hydrogen-bond acceptors (Lipinski definition) is 4. The number of rotatable bonds is 7. The van der Waals surface area contributed by atoms with Crippen molar-refractivity contribution in [2.24, 2.45) is 11.5 Å². The highest BCUT2D eigenvalue weighted by molar-refractivity contribution is 5.79. The van der Waals surface area contributed by atoms with Crippen LogP contribution < -0.4 is 11.5 Å². The van der Waals surface area contributed by atoms with Crippen molar-refractivity contribution in [3.05, 3.63) is 54.1 Å². The van der Waals surface area contributed by atoms with Gasteiger partial charge in [0, 0.05) is 18.3 Å². The lowest BCUT2D eigenvalue weighted by Gasteiger charge is -2.11. The third-order valence-electron chi connectivity index (χ3n) is 2.93. The standard InChI is InChI=1S/C14H18N4O2/c15-13(14(16)19)6-12-7-17-9-18(12)10-20-8-11-4-2-1-3-5-11/h1-5,7,9,13H,6,8,10,15H2,(H2,16,19). The molecule has 20 heavy (non-hydrogen) atoms. The second-order valence-corrected chi connectivity index (χ2v) is 4.53. The Morgan fingerprint density at radius 1 is 1.35 bits per heavy atom. The first-order chi connectivity index (χ1) is 9.66. The minimum absolute atomic E-state index is 0.351. The number of nitrogens with two attached hydrogens (primary N) is 2. The number of imidazole rings is 1. The SMILES string of the molecule is NC(=O)C(N)Cc1cncn1COCc1ccccc1. The molecule has 0 bridgehead atoms. The van der Waals surface area contributed by atoms with Gasteiger partial charge in [-0.15, -0.1) is 0 Å². The van der Waals surface area contributed by atoms with Crippen molar-refractivity contribution in [3.8, 4) is 0 Å². The molecule has 6 nitrogen and oxygen atoms in total. The number of hydrogen-bond donors (Lipinski definition) is 2. The van der Waals surface area contributed by atoms with Gasteiger partial charge in [0.05, 0.1) is 19.0 Å². The molecule has 106 valence electrons. The number of aromatic nitrogens is 2. The molecule has 0 aliphatic rings. The van der Waals surface area contributed by atoms with E-state index in [1.807, 2.05) is 34.9 Å². The molecule has 2 aromatic rings. The van der Waals surface area contributed by atoms with E-state index < -0.39 is 11.9 Å². The third kappa shape index (κ3) is 3.91. The molecule has 0 radical (unpaired) electrons. The normalized spacial score (nSPS) is 12.2. The van der Waals surface area contributed by atoms with E-state index in [-0.39, 0.29) is 0 Å². The monoisotopic (exact) mass is 274 g/mol. The molecule has 0 aliphatic heterocycles. The molecule has 0 fully saturated rings. The fraction of sp³-hybridized carbons (Fsp3) is 0.286. The number of nitrogens with zero attached hydrogens (tertiary/aromatic N) is 2. The van der Waals surface area contributed by atoms with Crippen molar-refractivity contribution in [3.63, 3.8) is 0 Å². The Morgan fingerprint density at radius 3 is 2.80 bits per heavy atom. The second kappa shape index (κ2) is 6.83. The number of ether oxygens (including phenoxy) is 1. The fourth-order valence-electron chi connectivity index (χ4n) is 1.80. The zero-order valence-corrected chi connectivity index (χ0v) is 11.1. The second-order valence-electron chi connectivity index (χ2n) is 4.53. The number of benzene rings is 1. The van der Waals surface area contributed by atoms with Gasteiger partial charge in [0.15, 0.2) is 0 Å². The van der Waals surface area contributed by atoms with Crippen molar-refractivity contribution in [2.45, 2.75) is 25.8 Å². The van der Waals surface area contributed by atoms with Crippen molar-refractivity contribution in [1.82, 2.24) is 9.55 Å². The predicted molar refractivity (Wildman–Crippen MR) is 74.3 cm³/mol. The quantitative estimate of drug-likeness (QED) is 0.764. The Kier molecular flexibility index (Phi) is 4.86. The molecule has 6 heteroatoms. The van der Waals surface area contributed by atoms with E-state index in [4.69, 9.17) is 16.2 Å². The van der Waals surface area contributed by atoms with Gasteiger partial charge in [-0.2, -0.15) is 0 Å². The highest BCUT2D eigenvalue weighted by Crippen LogP contribution is 2.05. The topological polar surface area (TPSA) is 96.2 Å². The number of amides is 1. The smallest absolute Gasteiger partial charge is 0.234 e. The Morgan fingerprint density at radius 2 is 2.10 bits per heavy atom. The molecule has 1 unspecified atom stereocenters. The average Bonchev–Trinajstić information content (AvgIpc) is 2.87. The van der Waals surface area contributed by atoms with E-state index >= 15 is 0 Å². The van der Waals surface area contributed by atoms with Gasteiger partial charge in [-0.05, 0) is 5.56 Å². The van der Waals surface area contributed by atoms with Crippen LogP contribution in [0.15, 0.2) is 42.9 Å². The van der Waals surface area contributed by atoms with E-state index in [0.29, 0.717) is 19.8 Å². The third-order valence-corrected chi connectivity index (χ3v) is 2.93. The minimum atomic E-state index is -0.709. The van der Waals surface area contributed by atoms with Crippen LogP contribution in [0.25, 0.3) is 0 Å². The number of carbonyl (C=O) groups excluding carboxylic acids is 1. The van der Waals surface area contributed by atoms with E-state index in [2.05, 4.69) is 4.98 Å². The van der Waals surface area contributed by atoms with Crippen LogP contribution in [0.3, 0.4) is 0 Å². The molecule has 0 saturated heterocycles. The molecular formula is C14H18N4O2. The zero-order valence-electron chi connectivity index (χ0n) is 11.1. The summed E-state index contributed by atoms with van der Waals surface area (Å²) in [4.78, 5) is 15.0. The summed E-state index contributed by atoms with van der Waals surface area (Å²) in [6.45, 7) is 0.871. The lowest BCUT2D eigenvalue weighted by Crippen LogP contribution is -2.38. The summed E-state index contributed by atoms with van der Waals surface area (Å²) in [7, 11) is 0. The van der Waals surface area contributed by atoms with Gasteiger partial charge in [-0.25, -0.2) is 4.98 Å².